The van der Waals surface area contributed by atoms with Crippen LogP contribution in [0.3, 0.4) is 0 Å². The summed E-state index contributed by atoms with van der Waals surface area (Å²) in [5.74, 6) is 0.106. The molecule has 3 heterocycles. The monoisotopic (exact) mass is 547 g/mol. The lowest BCUT2D eigenvalue weighted by molar-refractivity contribution is -0.116. The van der Waals surface area contributed by atoms with Crippen LogP contribution in [-0.2, 0) is 11.3 Å². The number of anilines is 1. The number of amides is 1. The molecule has 0 bridgehead atoms. The molecular formula is C33H30FN5O2. The van der Waals surface area contributed by atoms with Gasteiger partial charge in [0.25, 0.3) is 0 Å². The molecule has 1 aliphatic rings. The Hall–Kier alpha value is -4.98. The van der Waals surface area contributed by atoms with E-state index in [0.717, 1.165) is 68.5 Å². The SMILES string of the molecule is CCCCC(=O)Nc1cncc(-c2ccc3c(c2)C(c2cc4c(-c5cc(F)cc(OC)c5)cccc4[nH]2)=NNC3)c1. The Morgan fingerprint density at radius 3 is 2.76 bits per heavy atom. The van der Waals surface area contributed by atoms with Crippen molar-refractivity contribution in [3.8, 4) is 28.0 Å². The average molecular weight is 548 g/mol. The number of pyridine rings is 1. The fourth-order valence-corrected chi connectivity index (χ4v) is 5.20. The van der Waals surface area contributed by atoms with E-state index in [1.807, 2.05) is 30.3 Å². The molecule has 1 aliphatic heterocycles. The smallest absolute Gasteiger partial charge is 0.224 e. The number of halogens is 1. The third-order valence-electron chi connectivity index (χ3n) is 7.28. The van der Waals surface area contributed by atoms with Crippen LogP contribution >= 0.6 is 0 Å². The normalized spacial score (nSPS) is 12.4. The molecule has 5 aromatic rings. The number of benzene rings is 3. The Morgan fingerprint density at radius 1 is 1.00 bits per heavy atom. The molecule has 0 radical (unpaired) electrons. The molecule has 3 aromatic carbocycles. The van der Waals surface area contributed by atoms with Gasteiger partial charge in [-0.3, -0.25) is 9.78 Å². The summed E-state index contributed by atoms with van der Waals surface area (Å²) in [7, 11) is 1.53. The Labute approximate surface area is 237 Å². The summed E-state index contributed by atoms with van der Waals surface area (Å²) in [6.07, 6.45) is 5.77. The molecule has 206 valence electrons. The first-order valence-corrected chi connectivity index (χ1v) is 13.7. The van der Waals surface area contributed by atoms with Crippen LogP contribution in [0.2, 0.25) is 0 Å². The minimum atomic E-state index is -0.353. The highest BCUT2D eigenvalue weighted by molar-refractivity contribution is 6.16. The lowest BCUT2D eigenvalue weighted by Crippen LogP contribution is -2.21. The molecule has 0 aliphatic carbocycles. The van der Waals surface area contributed by atoms with Gasteiger partial charge in [0.05, 0.1) is 31.2 Å². The molecule has 6 rings (SSSR count). The van der Waals surface area contributed by atoms with Crippen LogP contribution < -0.4 is 15.5 Å². The molecule has 0 fully saturated rings. The minimum Gasteiger partial charge on any atom is -0.497 e. The quantitative estimate of drug-likeness (QED) is 0.195. The maximum absolute atomic E-state index is 14.3. The van der Waals surface area contributed by atoms with E-state index in [9.17, 15) is 9.18 Å². The van der Waals surface area contributed by atoms with E-state index in [1.165, 1.54) is 19.2 Å². The Kier molecular flexibility index (Phi) is 7.20. The number of hydrogen-bond acceptors (Lipinski definition) is 5. The van der Waals surface area contributed by atoms with E-state index < -0.39 is 0 Å². The first-order valence-electron chi connectivity index (χ1n) is 13.7. The van der Waals surface area contributed by atoms with Gasteiger partial charge >= 0.3 is 0 Å². The molecule has 0 saturated heterocycles. The number of unbranched alkanes of at least 4 members (excludes halogenated alkanes) is 1. The zero-order valence-corrected chi connectivity index (χ0v) is 22.9. The number of carbonyl (C=O) groups is 1. The van der Waals surface area contributed by atoms with Crippen molar-refractivity contribution in [3.63, 3.8) is 0 Å². The van der Waals surface area contributed by atoms with E-state index in [1.54, 1.807) is 12.4 Å². The Bertz CT molecular complexity index is 1790. The van der Waals surface area contributed by atoms with Gasteiger partial charge in [-0.15, -0.1) is 0 Å². The number of aromatic nitrogens is 2. The number of rotatable bonds is 8. The van der Waals surface area contributed by atoms with Gasteiger partial charge < -0.3 is 20.5 Å². The fourth-order valence-electron chi connectivity index (χ4n) is 5.20. The summed E-state index contributed by atoms with van der Waals surface area (Å²) in [6, 6.07) is 20.9. The van der Waals surface area contributed by atoms with Crippen molar-refractivity contribution in [2.75, 3.05) is 12.4 Å². The zero-order chi connectivity index (χ0) is 28.3. The van der Waals surface area contributed by atoms with Crippen LogP contribution in [0.4, 0.5) is 10.1 Å². The topological polar surface area (TPSA) is 91.4 Å². The van der Waals surface area contributed by atoms with Gasteiger partial charge in [-0.1, -0.05) is 37.6 Å². The third-order valence-corrected chi connectivity index (χ3v) is 7.28. The van der Waals surface area contributed by atoms with Crippen molar-refractivity contribution in [2.24, 2.45) is 5.10 Å². The third kappa shape index (κ3) is 5.41. The van der Waals surface area contributed by atoms with Crippen LogP contribution in [0.15, 0.2) is 84.2 Å². The van der Waals surface area contributed by atoms with Crippen molar-refractivity contribution in [1.82, 2.24) is 15.4 Å². The highest BCUT2D eigenvalue weighted by Gasteiger charge is 2.20. The first kappa shape index (κ1) is 26.3. The standard InChI is InChI=1S/C33H30FN5O2/c1-3-4-8-32(40)37-25-12-23(17-35-19-25)20-9-10-21-18-36-39-33(28(21)14-20)31-16-29-27(6-5-7-30(29)38-31)22-11-24(34)15-26(13-22)41-2/h5-7,9-17,19,36,38H,3-4,8,18H2,1-2H3,(H,37,40). The molecule has 1 amide bonds. The molecule has 7 nitrogen and oxygen atoms in total. The largest absolute Gasteiger partial charge is 0.497 e. The summed E-state index contributed by atoms with van der Waals surface area (Å²) < 4.78 is 19.6. The van der Waals surface area contributed by atoms with Gasteiger partial charge in [-0.05, 0) is 65.1 Å². The average Bonchev–Trinajstić information content (AvgIpc) is 3.43. The minimum absolute atomic E-state index is 0.00778. The summed E-state index contributed by atoms with van der Waals surface area (Å²) in [6.45, 7) is 2.68. The number of fused-ring (bicyclic) bond motifs is 2. The Morgan fingerprint density at radius 2 is 1.90 bits per heavy atom. The van der Waals surface area contributed by atoms with Gasteiger partial charge in [0.1, 0.15) is 17.3 Å². The highest BCUT2D eigenvalue weighted by atomic mass is 19.1. The summed E-state index contributed by atoms with van der Waals surface area (Å²) >= 11 is 0. The number of methoxy groups -OCH3 is 1. The van der Waals surface area contributed by atoms with Crippen LogP contribution in [0.25, 0.3) is 33.2 Å². The van der Waals surface area contributed by atoms with E-state index in [2.05, 4.69) is 57.0 Å². The number of ether oxygens (including phenoxy) is 1. The molecular weight excluding hydrogens is 517 g/mol. The number of aromatic amines is 1. The number of nitrogens with one attached hydrogen (secondary N) is 3. The van der Waals surface area contributed by atoms with Gasteiger partial charge in [0, 0.05) is 40.7 Å². The lowest BCUT2D eigenvalue weighted by Gasteiger charge is -2.18. The van der Waals surface area contributed by atoms with Gasteiger partial charge in [0.15, 0.2) is 0 Å². The van der Waals surface area contributed by atoms with Crippen molar-refractivity contribution in [2.45, 2.75) is 32.7 Å². The van der Waals surface area contributed by atoms with Gasteiger partial charge in [0.2, 0.25) is 5.91 Å². The first-order chi connectivity index (χ1) is 20.0. The summed E-state index contributed by atoms with van der Waals surface area (Å²) in [4.78, 5) is 20.1. The van der Waals surface area contributed by atoms with Crippen LogP contribution in [0.5, 0.6) is 5.75 Å². The summed E-state index contributed by atoms with van der Waals surface area (Å²) in [5.41, 5.74) is 12.0. The molecule has 2 aromatic heterocycles. The maximum atomic E-state index is 14.3. The van der Waals surface area contributed by atoms with Gasteiger partial charge in [-0.25, -0.2) is 4.39 Å². The second-order valence-corrected chi connectivity index (χ2v) is 10.1. The molecule has 8 heteroatoms. The predicted molar refractivity (Wildman–Crippen MR) is 161 cm³/mol. The van der Waals surface area contributed by atoms with E-state index in [-0.39, 0.29) is 11.7 Å². The number of hydrogen-bond donors (Lipinski definition) is 3. The molecule has 3 N–H and O–H groups in total. The molecule has 0 atom stereocenters. The van der Waals surface area contributed by atoms with Crippen LogP contribution in [0.1, 0.15) is 43.0 Å². The van der Waals surface area contributed by atoms with E-state index in [4.69, 9.17) is 4.74 Å². The fraction of sp³-hybridized carbons (Fsp3) is 0.182. The number of nitrogens with zero attached hydrogens (tertiary/aromatic N) is 2. The highest BCUT2D eigenvalue weighted by Crippen LogP contribution is 2.34. The zero-order valence-electron chi connectivity index (χ0n) is 22.9. The predicted octanol–water partition coefficient (Wildman–Crippen LogP) is 7.03. The van der Waals surface area contributed by atoms with Gasteiger partial charge in [-0.2, -0.15) is 5.10 Å². The van der Waals surface area contributed by atoms with E-state index in [0.29, 0.717) is 24.4 Å². The second kappa shape index (κ2) is 11.3. The summed E-state index contributed by atoms with van der Waals surface area (Å²) in [5, 5.41) is 8.60. The number of H-pyrrole nitrogens is 1. The lowest BCUT2D eigenvalue weighted by atomic mass is 9.94. The molecule has 41 heavy (non-hydrogen) atoms. The maximum Gasteiger partial charge on any atom is 0.224 e. The number of hydrazone groups is 1. The van der Waals surface area contributed by atoms with E-state index >= 15 is 0 Å². The van der Waals surface area contributed by atoms with Crippen molar-refractivity contribution >= 4 is 28.2 Å². The molecule has 0 saturated carbocycles. The van der Waals surface area contributed by atoms with Crippen molar-refractivity contribution < 1.29 is 13.9 Å². The molecule has 0 spiro atoms. The van der Waals surface area contributed by atoms with Crippen molar-refractivity contribution in [1.29, 1.82) is 0 Å². The van der Waals surface area contributed by atoms with Crippen LogP contribution in [0, 0.1) is 5.82 Å². The number of carbonyl (C=O) groups excluding carboxylic acids is 1. The second-order valence-electron chi connectivity index (χ2n) is 10.1. The van der Waals surface area contributed by atoms with Crippen molar-refractivity contribution in [3.05, 3.63) is 102 Å². The van der Waals surface area contributed by atoms with Crippen LogP contribution in [-0.4, -0.2) is 28.7 Å². The Balaban J connectivity index is 1.36. The molecule has 0 unspecified atom stereocenters.